The molecule has 1 atom stereocenters. The van der Waals surface area contributed by atoms with Crippen LogP contribution in [0, 0.1) is 0 Å². The van der Waals surface area contributed by atoms with Gasteiger partial charge in [0.05, 0.1) is 18.8 Å². The van der Waals surface area contributed by atoms with E-state index >= 15 is 0 Å². The number of hydrazone groups is 1. The van der Waals surface area contributed by atoms with Gasteiger partial charge in [-0.05, 0) is 66.8 Å². The monoisotopic (exact) mass is 454 g/mol. The fraction of sp³-hybridized carbons (Fsp3) is 0.448. The summed E-state index contributed by atoms with van der Waals surface area (Å²) in [6.45, 7) is 2.25. The number of amides is 1. The minimum absolute atomic E-state index is 0.0385. The maximum absolute atomic E-state index is 12.7. The molecule has 1 fully saturated rings. The number of hydrogen-bond donors (Lipinski definition) is 1. The van der Waals surface area contributed by atoms with Crippen LogP contribution in [-0.4, -0.2) is 34.7 Å². The molecule has 1 saturated carbocycles. The molecule has 1 amide bonds. The Bertz CT molecular complexity index is 1210. The summed E-state index contributed by atoms with van der Waals surface area (Å²) >= 11 is 0. The number of aromatic nitrogens is 1. The van der Waals surface area contributed by atoms with Crippen molar-refractivity contribution in [3.8, 4) is 0 Å². The minimum Gasteiger partial charge on any atom is -0.342 e. The Labute approximate surface area is 201 Å². The molecule has 0 radical (unpaired) electrons. The highest BCUT2D eigenvalue weighted by Gasteiger charge is 2.35. The highest BCUT2D eigenvalue weighted by atomic mass is 16.2. The first-order chi connectivity index (χ1) is 16.8. The molecule has 5 nitrogen and oxygen atoms in total. The van der Waals surface area contributed by atoms with Crippen LogP contribution in [0.4, 0.5) is 0 Å². The second kappa shape index (κ2) is 9.38. The molecule has 34 heavy (non-hydrogen) atoms. The molecule has 5 heteroatoms. The van der Waals surface area contributed by atoms with Gasteiger partial charge in [-0.1, -0.05) is 55.7 Å². The van der Waals surface area contributed by atoms with E-state index in [9.17, 15) is 4.79 Å². The van der Waals surface area contributed by atoms with Gasteiger partial charge >= 0.3 is 0 Å². The van der Waals surface area contributed by atoms with Crippen molar-refractivity contribution in [1.82, 2.24) is 14.9 Å². The van der Waals surface area contributed by atoms with E-state index in [1.807, 2.05) is 30.3 Å². The second-order valence-electron chi connectivity index (χ2n) is 10.2. The molecule has 2 aliphatic carbocycles. The predicted octanol–water partition coefficient (Wildman–Crippen LogP) is 5.53. The van der Waals surface area contributed by atoms with Crippen LogP contribution in [0.25, 0.3) is 10.9 Å². The van der Waals surface area contributed by atoms with E-state index in [0.717, 1.165) is 37.4 Å². The van der Waals surface area contributed by atoms with E-state index in [0.29, 0.717) is 12.6 Å². The number of hydrogen-bond acceptors (Lipinski definition) is 3. The van der Waals surface area contributed by atoms with Gasteiger partial charge in [-0.15, -0.1) is 0 Å². The van der Waals surface area contributed by atoms with E-state index in [2.05, 4.69) is 38.2 Å². The standard InChI is InChI=1S/C29H34N4O/c34-28(31-30-19-21-8-3-1-4-9-21)20-32-16-17-33-26-15-14-23(22-10-5-2-6-11-22)18-25(26)24-12-7-13-27(32)29(24)33/h1,3-4,8-9,14-15,18-19,22,27H,2,5-7,10-13,16-17,20H2,(H,31,34)/b30-19-/t27-/m1/s1. The second-order valence-corrected chi connectivity index (χ2v) is 10.2. The highest BCUT2D eigenvalue weighted by molar-refractivity contribution is 5.87. The SMILES string of the molecule is O=C(CN1CCn2c3c(c4cc(C5CCCCC5)ccc42)CCC[C@H]31)N/N=C\c1ccccc1. The Morgan fingerprint density at radius 2 is 1.85 bits per heavy atom. The molecule has 0 saturated heterocycles. The Kier molecular flexibility index (Phi) is 5.96. The number of fused-ring (bicyclic) bond motifs is 3. The van der Waals surface area contributed by atoms with Crippen molar-refractivity contribution in [1.29, 1.82) is 0 Å². The van der Waals surface area contributed by atoms with Crippen LogP contribution >= 0.6 is 0 Å². The van der Waals surface area contributed by atoms with Gasteiger partial charge in [-0.2, -0.15) is 5.10 Å². The molecule has 3 aromatic rings. The number of carbonyl (C=O) groups excluding carboxylic acids is 1. The van der Waals surface area contributed by atoms with Gasteiger partial charge in [0.15, 0.2) is 0 Å². The zero-order valence-electron chi connectivity index (χ0n) is 19.9. The van der Waals surface area contributed by atoms with Crippen LogP contribution in [0.1, 0.15) is 79.3 Å². The fourth-order valence-corrected chi connectivity index (χ4v) is 6.51. The Balaban J connectivity index is 1.22. The summed E-state index contributed by atoms with van der Waals surface area (Å²) in [4.78, 5) is 15.1. The van der Waals surface area contributed by atoms with E-state index in [1.165, 1.54) is 60.7 Å². The van der Waals surface area contributed by atoms with Gasteiger partial charge in [0, 0.05) is 29.7 Å². The molecule has 6 rings (SSSR count). The zero-order chi connectivity index (χ0) is 22.9. The van der Waals surface area contributed by atoms with E-state index in [1.54, 1.807) is 11.8 Å². The Hall–Kier alpha value is -2.92. The predicted molar refractivity (Wildman–Crippen MR) is 137 cm³/mol. The number of aryl methyl sites for hydroxylation is 1. The summed E-state index contributed by atoms with van der Waals surface area (Å²) in [5, 5.41) is 5.64. The number of benzene rings is 2. The van der Waals surface area contributed by atoms with Gasteiger partial charge in [0.1, 0.15) is 0 Å². The molecule has 0 bridgehead atoms. The van der Waals surface area contributed by atoms with E-state index in [-0.39, 0.29) is 5.91 Å². The molecule has 0 unspecified atom stereocenters. The third-order valence-electron chi connectivity index (χ3n) is 8.13. The zero-order valence-corrected chi connectivity index (χ0v) is 19.9. The average Bonchev–Trinajstić information content (AvgIpc) is 3.21. The first-order valence-electron chi connectivity index (χ1n) is 13.0. The van der Waals surface area contributed by atoms with Gasteiger partial charge in [-0.25, -0.2) is 5.43 Å². The summed E-state index contributed by atoms with van der Waals surface area (Å²) in [5.74, 6) is 0.696. The molecule has 1 N–H and O–H groups in total. The molecule has 2 aromatic carbocycles. The summed E-state index contributed by atoms with van der Waals surface area (Å²) in [7, 11) is 0. The van der Waals surface area contributed by atoms with Crippen LogP contribution in [0.2, 0.25) is 0 Å². The number of nitrogens with one attached hydrogen (secondary N) is 1. The van der Waals surface area contributed by atoms with Crippen LogP contribution in [0.5, 0.6) is 0 Å². The Morgan fingerprint density at radius 1 is 1.00 bits per heavy atom. The van der Waals surface area contributed by atoms with Crippen molar-refractivity contribution >= 4 is 23.0 Å². The lowest BCUT2D eigenvalue weighted by molar-refractivity contribution is -0.123. The first-order valence-corrected chi connectivity index (χ1v) is 13.0. The molecule has 176 valence electrons. The summed E-state index contributed by atoms with van der Waals surface area (Å²) < 4.78 is 2.56. The van der Waals surface area contributed by atoms with Crippen molar-refractivity contribution < 1.29 is 4.79 Å². The van der Waals surface area contributed by atoms with Crippen LogP contribution in [0.15, 0.2) is 53.6 Å². The van der Waals surface area contributed by atoms with Crippen LogP contribution < -0.4 is 5.43 Å². The summed E-state index contributed by atoms with van der Waals surface area (Å²) in [6.07, 6.45) is 12.0. The van der Waals surface area contributed by atoms with E-state index < -0.39 is 0 Å². The van der Waals surface area contributed by atoms with Gasteiger partial charge in [0.2, 0.25) is 0 Å². The largest absolute Gasteiger partial charge is 0.342 e. The topological polar surface area (TPSA) is 49.6 Å². The molecular formula is C29H34N4O. The van der Waals surface area contributed by atoms with Gasteiger partial charge in [0.25, 0.3) is 5.91 Å². The molecule has 3 aliphatic rings. The summed E-state index contributed by atoms with van der Waals surface area (Å²) in [6, 6.07) is 17.5. The number of rotatable bonds is 5. The quantitative estimate of drug-likeness (QED) is 0.407. The van der Waals surface area contributed by atoms with Gasteiger partial charge < -0.3 is 4.57 Å². The number of nitrogens with zero attached hydrogens (tertiary/aromatic N) is 3. The average molecular weight is 455 g/mol. The molecule has 1 aromatic heterocycles. The Morgan fingerprint density at radius 3 is 2.71 bits per heavy atom. The van der Waals surface area contributed by atoms with Crippen molar-refractivity contribution in [2.75, 3.05) is 13.1 Å². The number of carbonyl (C=O) groups is 1. The lowest BCUT2D eigenvalue weighted by Crippen LogP contribution is -2.44. The molecule has 1 aliphatic heterocycles. The van der Waals surface area contributed by atoms with Crippen molar-refractivity contribution in [3.05, 3.63) is 70.9 Å². The van der Waals surface area contributed by atoms with Gasteiger partial charge in [-0.3, -0.25) is 9.69 Å². The molecular weight excluding hydrogens is 420 g/mol. The maximum Gasteiger partial charge on any atom is 0.254 e. The van der Waals surface area contributed by atoms with E-state index in [4.69, 9.17) is 0 Å². The lowest BCUT2D eigenvalue weighted by atomic mass is 9.83. The first kappa shape index (κ1) is 21.6. The smallest absolute Gasteiger partial charge is 0.254 e. The molecule has 2 heterocycles. The normalized spacial score (nSPS) is 21.1. The minimum atomic E-state index is -0.0385. The third kappa shape index (κ3) is 4.07. The molecule has 0 spiro atoms. The third-order valence-corrected chi connectivity index (χ3v) is 8.13. The fourth-order valence-electron chi connectivity index (χ4n) is 6.51. The van der Waals surface area contributed by atoms with Crippen LogP contribution in [-0.2, 0) is 17.8 Å². The summed E-state index contributed by atoms with van der Waals surface area (Å²) in [5.41, 5.74) is 9.66. The van der Waals surface area contributed by atoms with Crippen molar-refractivity contribution in [3.63, 3.8) is 0 Å². The maximum atomic E-state index is 12.7. The van der Waals surface area contributed by atoms with Crippen molar-refractivity contribution in [2.24, 2.45) is 5.10 Å². The van der Waals surface area contributed by atoms with Crippen molar-refractivity contribution in [2.45, 2.75) is 69.9 Å². The highest BCUT2D eigenvalue weighted by Crippen LogP contribution is 2.44. The lowest BCUT2D eigenvalue weighted by Gasteiger charge is -2.39. The van der Waals surface area contributed by atoms with Crippen LogP contribution in [0.3, 0.4) is 0 Å².